The van der Waals surface area contributed by atoms with Crippen LogP contribution in [-0.2, 0) is 5.54 Å². The average Bonchev–Trinajstić information content (AvgIpc) is 3.33. The molecule has 6 heteroatoms. The SMILES string of the molecule is CCNC(=O)c1ccc(C)c(NC(=O)c2cc(C3CC3)nn2C(C)(C)C)c1. The minimum absolute atomic E-state index is 0.149. The molecule has 3 rings (SSSR count). The number of amides is 2. The van der Waals surface area contributed by atoms with Crippen LogP contribution in [0.2, 0.25) is 0 Å². The van der Waals surface area contributed by atoms with Gasteiger partial charge in [0.05, 0.1) is 11.2 Å². The summed E-state index contributed by atoms with van der Waals surface area (Å²) in [6.45, 7) is 10.5. The van der Waals surface area contributed by atoms with E-state index in [1.165, 1.54) is 0 Å². The molecule has 27 heavy (non-hydrogen) atoms. The Kier molecular flexibility index (Phi) is 5.09. The zero-order valence-corrected chi connectivity index (χ0v) is 16.7. The van der Waals surface area contributed by atoms with Crippen molar-refractivity contribution in [3.63, 3.8) is 0 Å². The molecule has 0 saturated heterocycles. The highest BCUT2D eigenvalue weighted by Gasteiger charge is 2.31. The largest absolute Gasteiger partial charge is 0.352 e. The van der Waals surface area contributed by atoms with E-state index in [0.29, 0.717) is 29.4 Å². The summed E-state index contributed by atoms with van der Waals surface area (Å²) in [5.74, 6) is 0.118. The summed E-state index contributed by atoms with van der Waals surface area (Å²) < 4.78 is 1.80. The minimum atomic E-state index is -0.294. The summed E-state index contributed by atoms with van der Waals surface area (Å²) in [6.07, 6.45) is 2.27. The van der Waals surface area contributed by atoms with Gasteiger partial charge in [0.2, 0.25) is 0 Å². The zero-order valence-electron chi connectivity index (χ0n) is 16.7. The van der Waals surface area contributed by atoms with Crippen LogP contribution in [-0.4, -0.2) is 28.1 Å². The van der Waals surface area contributed by atoms with Crippen molar-refractivity contribution in [1.82, 2.24) is 15.1 Å². The van der Waals surface area contributed by atoms with E-state index in [4.69, 9.17) is 5.10 Å². The molecule has 1 aromatic carbocycles. The molecule has 0 atom stereocenters. The van der Waals surface area contributed by atoms with E-state index in [1.807, 2.05) is 46.8 Å². The second-order valence-electron chi connectivity index (χ2n) is 8.15. The molecule has 144 valence electrons. The number of nitrogens with one attached hydrogen (secondary N) is 2. The summed E-state index contributed by atoms with van der Waals surface area (Å²) >= 11 is 0. The van der Waals surface area contributed by atoms with Crippen LogP contribution in [0.4, 0.5) is 5.69 Å². The van der Waals surface area contributed by atoms with Crippen molar-refractivity contribution < 1.29 is 9.59 Å². The molecule has 1 aliphatic carbocycles. The van der Waals surface area contributed by atoms with Crippen LogP contribution < -0.4 is 10.6 Å². The molecule has 1 heterocycles. The number of aryl methyl sites for hydroxylation is 1. The molecule has 2 N–H and O–H groups in total. The molecule has 1 aromatic heterocycles. The van der Waals surface area contributed by atoms with Gasteiger partial charge in [-0.25, -0.2) is 0 Å². The topological polar surface area (TPSA) is 76.0 Å². The maximum absolute atomic E-state index is 13.0. The van der Waals surface area contributed by atoms with E-state index in [0.717, 1.165) is 24.1 Å². The molecule has 0 radical (unpaired) electrons. The predicted octanol–water partition coefficient (Wildman–Crippen LogP) is 3.83. The Hall–Kier alpha value is -2.63. The molecule has 2 amide bonds. The van der Waals surface area contributed by atoms with Gasteiger partial charge < -0.3 is 10.6 Å². The molecular formula is C21H28N4O2. The normalized spacial score (nSPS) is 14.1. The number of aromatic nitrogens is 2. The van der Waals surface area contributed by atoms with Crippen molar-refractivity contribution in [1.29, 1.82) is 0 Å². The number of carbonyl (C=O) groups is 2. The third-order valence-electron chi connectivity index (χ3n) is 4.68. The van der Waals surface area contributed by atoms with Crippen molar-refractivity contribution in [2.75, 3.05) is 11.9 Å². The molecular weight excluding hydrogens is 340 g/mol. The predicted molar refractivity (Wildman–Crippen MR) is 106 cm³/mol. The van der Waals surface area contributed by atoms with Crippen molar-refractivity contribution in [3.05, 3.63) is 46.8 Å². The highest BCUT2D eigenvalue weighted by molar-refractivity contribution is 6.04. The fraction of sp³-hybridized carbons (Fsp3) is 0.476. The smallest absolute Gasteiger partial charge is 0.273 e. The molecule has 6 nitrogen and oxygen atoms in total. The number of carbonyl (C=O) groups excluding carboxylic acids is 2. The molecule has 0 unspecified atom stereocenters. The highest BCUT2D eigenvalue weighted by Crippen LogP contribution is 2.40. The van der Waals surface area contributed by atoms with Gasteiger partial charge in [-0.2, -0.15) is 5.10 Å². The van der Waals surface area contributed by atoms with E-state index < -0.39 is 0 Å². The first kappa shape index (κ1) is 19.1. The molecule has 0 bridgehead atoms. The van der Waals surface area contributed by atoms with Crippen LogP contribution in [0.1, 0.15) is 78.6 Å². The van der Waals surface area contributed by atoms with Crippen LogP contribution >= 0.6 is 0 Å². The van der Waals surface area contributed by atoms with Gasteiger partial charge in [-0.05, 0) is 71.2 Å². The molecule has 1 fully saturated rings. The summed E-state index contributed by atoms with van der Waals surface area (Å²) in [5, 5.41) is 10.4. The van der Waals surface area contributed by atoms with Gasteiger partial charge in [0.15, 0.2) is 0 Å². The van der Waals surface area contributed by atoms with Gasteiger partial charge in [0, 0.05) is 23.7 Å². The van der Waals surface area contributed by atoms with Crippen molar-refractivity contribution in [3.8, 4) is 0 Å². The third kappa shape index (κ3) is 4.21. The molecule has 0 aliphatic heterocycles. The number of hydrogen-bond donors (Lipinski definition) is 2. The third-order valence-corrected chi connectivity index (χ3v) is 4.68. The quantitative estimate of drug-likeness (QED) is 0.842. The monoisotopic (exact) mass is 368 g/mol. The second kappa shape index (κ2) is 7.18. The number of benzene rings is 1. The second-order valence-corrected chi connectivity index (χ2v) is 8.15. The number of rotatable bonds is 5. The Morgan fingerprint density at radius 1 is 1.19 bits per heavy atom. The van der Waals surface area contributed by atoms with Crippen molar-refractivity contribution in [2.45, 2.75) is 58.9 Å². The van der Waals surface area contributed by atoms with Crippen LogP contribution in [0, 0.1) is 6.92 Å². The Morgan fingerprint density at radius 3 is 2.48 bits per heavy atom. The van der Waals surface area contributed by atoms with E-state index in [1.54, 1.807) is 16.8 Å². The lowest BCUT2D eigenvalue weighted by Gasteiger charge is -2.22. The van der Waals surface area contributed by atoms with Gasteiger partial charge in [0.1, 0.15) is 5.69 Å². The lowest BCUT2D eigenvalue weighted by atomic mass is 10.1. The highest BCUT2D eigenvalue weighted by atomic mass is 16.2. The van der Waals surface area contributed by atoms with Crippen LogP contribution in [0.3, 0.4) is 0 Å². The summed E-state index contributed by atoms with van der Waals surface area (Å²) in [6, 6.07) is 7.23. The van der Waals surface area contributed by atoms with E-state index in [-0.39, 0.29) is 17.4 Å². The van der Waals surface area contributed by atoms with E-state index in [2.05, 4.69) is 10.6 Å². The number of hydrogen-bond acceptors (Lipinski definition) is 3. The maximum Gasteiger partial charge on any atom is 0.273 e. The fourth-order valence-corrected chi connectivity index (χ4v) is 3.00. The van der Waals surface area contributed by atoms with Crippen molar-refractivity contribution >= 4 is 17.5 Å². The fourth-order valence-electron chi connectivity index (χ4n) is 3.00. The van der Waals surface area contributed by atoms with E-state index in [9.17, 15) is 9.59 Å². The molecule has 0 spiro atoms. The van der Waals surface area contributed by atoms with Gasteiger partial charge in [-0.1, -0.05) is 6.07 Å². The van der Waals surface area contributed by atoms with E-state index >= 15 is 0 Å². The maximum atomic E-state index is 13.0. The Labute approximate surface area is 160 Å². The Morgan fingerprint density at radius 2 is 1.89 bits per heavy atom. The first-order chi connectivity index (χ1) is 12.7. The molecule has 1 saturated carbocycles. The number of anilines is 1. The average molecular weight is 368 g/mol. The lowest BCUT2D eigenvalue weighted by molar-refractivity contribution is 0.0954. The lowest BCUT2D eigenvalue weighted by Crippen LogP contribution is -2.29. The molecule has 2 aromatic rings. The standard InChI is InChI=1S/C21H28N4O2/c1-6-22-19(26)15-8-7-13(2)16(11-15)23-20(27)18-12-17(14-9-10-14)24-25(18)21(3,4)5/h7-8,11-12,14H,6,9-10H2,1-5H3,(H,22,26)(H,23,27). The molecule has 1 aliphatic rings. The first-order valence-corrected chi connectivity index (χ1v) is 9.51. The zero-order chi connectivity index (χ0) is 19.8. The summed E-state index contributed by atoms with van der Waals surface area (Å²) in [5.41, 5.74) is 3.31. The summed E-state index contributed by atoms with van der Waals surface area (Å²) in [7, 11) is 0. The van der Waals surface area contributed by atoms with Crippen LogP contribution in [0.25, 0.3) is 0 Å². The van der Waals surface area contributed by atoms with Gasteiger partial charge in [-0.15, -0.1) is 0 Å². The van der Waals surface area contributed by atoms with Crippen LogP contribution in [0.5, 0.6) is 0 Å². The first-order valence-electron chi connectivity index (χ1n) is 9.51. The Balaban J connectivity index is 1.89. The van der Waals surface area contributed by atoms with Gasteiger partial charge >= 0.3 is 0 Å². The van der Waals surface area contributed by atoms with Crippen LogP contribution in [0.15, 0.2) is 24.3 Å². The number of nitrogens with zero attached hydrogens (tertiary/aromatic N) is 2. The Bertz CT molecular complexity index is 873. The van der Waals surface area contributed by atoms with Crippen molar-refractivity contribution in [2.24, 2.45) is 0 Å². The van der Waals surface area contributed by atoms with Gasteiger partial charge in [0.25, 0.3) is 11.8 Å². The van der Waals surface area contributed by atoms with Gasteiger partial charge in [-0.3, -0.25) is 14.3 Å². The minimum Gasteiger partial charge on any atom is -0.352 e. The summed E-state index contributed by atoms with van der Waals surface area (Å²) in [4.78, 5) is 25.1.